The molecule has 1 heterocycles. The van der Waals surface area contributed by atoms with E-state index < -0.39 is 5.97 Å². The molecule has 0 bridgehead atoms. The molecule has 26 heavy (non-hydrogen) atoms. The number of aromatic hydroxyl groups is 1. The smallest absolute Gasteiger partial charge is 0.342 e. The molecule has 0 spiro atoms. The second kappa shape index (κ2) is 10.2. The summed E-state index contributed by atoms with van der Waals surface area (Å²) in [7, 11) is 0. The number of esters is 1. The Labute approximate surface area is 155 Å². The molecule has 0 saturated carbocycles. The topological polar surface area (TPSA) is 76.0 Å². The lowest BCUT2D eigenvalue weighted by molar-refractivity contribution is 0.0307. The van der Waals surface area contributed by atoms with Crippen LogP contribution in [0.15, 0.2) is 18.2 Å². The molecule has 0 saturated heterocycles. The van der Waals surface area contributed by atoms with Crippen LogP contribution in [0.1, 0.15) is 74.7 Å². The van der Waals surface area contributed by atoms with Gasteiger partial charge in [0.05, 0.1) is 18.8 Å². The number of fused-ring (bicyclic) bond motifs is 1. The number of carbonyl (C=O) groups excluding carboxylic acids is 1. The van der Waals surface area contributed by atoms with Crippen LogP contribution in [0.4, 0.5) is 0 Å². The molecule has 1 aromatic rings. The van der Waals surface area contributed by atoms with Crippen LogP contribution in [0.25, 0.3) is 6.08 Å². The first-order valence-electron chi connectivity index (χ1n) is 9.56. The van der Waals surface area contributed by atoms with Gasteiger partial charge >= 0.3 is 5.97 Å². The summed E-state index contributed by atoms with van der Waals surface area (Å²) in [5.41, 5.74) is 0.764. The van der Waals surface area contributed by atoms with Crippen LogP contribution in [0.3, 0.4) is 0 Å². The van der Waals surface area contributed by atoms with E-state index in [2.05, 4.69) is 0 Å². The summed E-state index contributed by atoms with van der Waals surface area (Å²) in [6.45, 7) is 4.38. The number of cyclic esters (lactones) is 1. The second-order valence-corrected chi connectivity index (χ2v) is 6.89. The zero-order valence-corrected chi connectivity index (χ0v) is 15.7. The Morgan fingerprint density at radius 1 is 1.23 bits per heavy atom. The lowest BCUT2D eigenvalue weighted by Gasteiger charge is -2.17. The van der Waals surface area contributed by atoms with Gasteiger partial charge in [-0.05, 0) is 63.5 Å². The molecule has 0 aliphatic carbocycles. The van der Waals surface area contributed by atoms with Gasteiger partial charge in [0, 0.05) is 6.07 Å². The number of phenolic OH excluding ortho intramolecular Hbond substituents is 1. The van der Waals surface area contributed by atoms with E-state index in [0.717, 1.165) is 32.1 Å². The van der Waals surface area contributed by atoms with E-state index in [4.69, 9.17) is 9.47 Å². The molecule has 0 unspecified atom stereocenters. The molecule has 1 aliphatic rings. The minimum atomic E-state index is -0.533. The van der Waals surface area contributed by atoms with Crippen LogP contribution in [0.5, 0.6) is 11.5 Å². The molecule has 2 atom stereocenters. The molecule has 0 aromatic heterocycles. The largest absolute Gasteiger partial charge is 0.507 e. The van der Waals surface area contributed by atoms with Gasteiger partial charge in [0.25, 0.3) is 0 Å². The predicted molar refractivity (Wildman–Crippen MR) is 102 cm³/mol. The van der Waals surface area contributed by atoms with Crippen molar-refractivity contribution < 1.29 is 24.5 Å². The fraction of sp³-hybridized carbons (Fsp3) is 0.571. The van der Waals surface area contributed by atoms with Crippen molar-refractivity contribution in [3.05, 3.63) is 29.3 Å². The summed E-state index contributed by atoms with van der Waals surface area (Å²) < 4.78 is 11.1. The second-order valence-electron chi connectivity index (χ2n) is 6.89. The molecule has 0 radical (unpaired) electrons. The van der Waals surface area contributed by atoms with Gasteiger partial charge < -0.3 is 19.7 Å². The summed E-state index contributed by atoms with van der Waals surface area (Å²) in [5, 5.41) is 20.4. The third-order valence-electron chi connectivity index (χ3n) is 4.46. The summed E-state index contributed by atoms with van der Waals surface area (Å²) in [6.07, 6.45) is 8.69. The molecule has 144 valence electrons. The Morgan fingerprint density at radius 3 is 2.77 bits per heavy atom. The van der Waals surface area contributed by atoms with Crippen molar-refractivity contribution >= 4 is 12.0 Å². The zero-order chi connectivity index (χ0) is 18.9. The number of aliphatic hydroxyl groups is 1. The Hall–Kier alpha value is -2.01. The molecule has 5 nitrogen and oxygen atoms in total. The SMILES string of the molecule is CCCOc1cc(O)c2c(c1)/C=C/CCC[C@@H](O)CCC[C@H](C)OC2=O. The minimum absolute atomic E-state index is 0.127. The molecule has 1 aliphatic heterocycles. The lowest BCUT2D eigenvalue weighted by Crippen LogP contribution is -2.17. The van der Waals surface area contributed by atoms with Gasteiger partial charge in [-0.15, -0.1) is 0 Å². The van der Waals surface area contributed by atoms with Crippen molar-refractivity contribution in [2.75, 3.05) is 6.61 Å². The van der Waals surface area contributed by atoms with Gasteiger partial charge in [0.15, 0.2) is 0 Å². The number of ether oxygens (including phenoxy) is 2. The average molecular weight is 362 g/mol. The van der Waals surface area contributed by atoms with Crippen molar-refractivity contribution in [1.29, 1.82) is 0 Å². The van der Waals surface area contributed by atoms with E-state index in [1.807, 2.05) is 26.0 Å². The van der Waals surface area contributed by atoms with E-state index in [1.165, 1.54) is 6.07 Å². The number of benzene rings is 1. The lowest BCUT2D eigenvalue weighted by atomic mass is 10.0. The van der Waals surface area contributed by atoms with Crippen molar-refractivity contribution in [2.45, 2.75) is 71.0 Å². The molecule has 2 rings (SSSR count). The van der Waals surface area contributed by atoms with Crippen LogP contribution in [-0.2, 0) is 4.74 Å². The maximum atomic E-state index is 12.6. The summed E-state index contributed by atoms with van der Waals surface area (Å²) in [4.78, 5) is 12.6. The normalized spacial score (nSPS) is 23.4. The highest BCUT2D eigenvalue weighted by atomic mass is 16.5. The first-order chi connectivity index (χ1) is 12.5. The summed E-state index contributed by atoms with van der Waals surface area (Å²) in [5.74, 6) is -0.127. The van der Waals surface area contributed by atoms with Gasteiger partial charge in [-0.3, -0.25) is 0 Å². The van der Waals surface area contributed by atoms with E-state index in [-0.39, 0.29) is 23.5 Å². The van der Waals surface area contributed by atoms with Crippen molar-refractivity contribution in [3.63, 3.8) is 0 Å². The van der Waals surface area contributed by atoms with Gasteiger partial charge in [-0.1, -0.05) is 19.1 Å². The summed E-state index contributed by atoms with van der Waals surface area (Å²) >= 11 is 0. The molecule has 0 amide bonds. The standard InChI is InChI=1S/C21H30O5/c1-3-12-25-18-13-16-9-5-4-6-10-17(22)11-7-8-15(2)26-21(24)20(16)19(23)14-18/h5,9,13-15,17,22-23H,3-4,6-8,10-12H2,1-2H3/b9-5+/t15-,17+/m0/s1. The maximum absolute atomic E-state index is 12.6. The van der Waals surface area contributed by atoms with Crippen molar-refractivity contribution in [3.8, 4) is 11.5 Å². The van der Waals surface area contributed by atoms with E-state index >= 15 is 0 Å². The Morgan fingerprint density at radius 2 is 2.00 bits per heavy atom. The number of aliphatic hydroxyl groups excluding tert-OH is 1. The van der Waals surface area contributed by atoms with Crippen molar-refractivity contribution in [1.82, 2.24) is 0 Å². The Kier molecular flexibility index (Phi) is 7.98. The van der Waals surface area contributed by atoms with Crippen molar-refractivity contribution in [2.24, 2.45) is 0 Å². The molecular weight excluding hydrogens is 332 g/mol. The third kappa shape index (κ3) is 6.06. The number of rotatable bonds is 3. The average Bonchev–Trinajstić information content (AvgIpc) is 2.58. The zero-order valence-electron chi connectivity index (χ0n) is 15.7. The van der Waals surface area contributed by atoms with Gasteiger partial charge in [-0.25, -0.2) is 4.79 Å². The van der Waals surface area contributed by atoms with Gasteiger partial charge in [-0.2, -0.15) is 0 Å². The number of phenols is 1. The number of carbonyl (C=O) groups is 1. The van der Waals surface area contributed by atoms with Crippen LogP contribution < -0.4 is 4.74 Å². The predicted octanol–water partition coefficient (Wildman–Crippen LogP) is 4.45. The first kappa shape index (κ1) is 20.3. The minimum Gasteiger partial charge on any atom is -0.507 e. The fourth-order valence-electron chi connectivity index (χ4n) is 3.05. The van der Waals surface area contributed by atoms with E-state index in [9.17, 15) is 15.0 Å². The molecule has 5 heteroatoms. The highest BCUT2D eigenvalue weighted by molar-refractivity contribution is 5.97. The Balaban J connectivity index is 2.31. The summed E-state index contributed by atoms with van der Waals surface area (Å²) in [6, 6.07) is 3.22. The molecule has 2 N–H and O–H groups in total. The monoisotopic (exact) mass is 362 g/mol. The number of hydrogen-bond donors (Lipinski definition) is 2. The molecular formula is C21H30O5. The van der Waals surface area contributed by atoms with E-state index in [0.29, 0.717) is 30.8 Å². The molecule has 0 fully saturated rings. The number of hydrogen-bond acceptors (Lipinski definition) is 5. The van der Waals surface area contributed by atoms with Gasteiger partial charge in [0.2, 0.25) is 0 Å². The van der Waals surface area contributed by atoms with Gasteiger partial charge in [0.1, 0.15) is 17.1 Å². The van der Waals surface area contributed by atoms with E-state index in [1.54, 1.807) is 6.07 Å². The fourth-order valence-corrected chi connectivity index (χ4v) is 3.05. The van der Waals surface area contributed by atoms with Crippen LogP contribution in [-0.4, -0.2) is 35.0 Å². The van der Waals surface area contributed by atoms with Crippen LogP contribution in [0.2, 0.25) is 0 Å². The van der Waals surface area contributed by atoms with Crippen LogP contribution >= 0.6 is 0 Å². The Bertz CT molecular complexity index is 623. The third-order valence-corrected chi connectivity index (χ3v) is 4.46. The highest BCUT2D eigenvalue weighted by Crippen LogP contribution is 2.31. The number of allylic oxidation sites excluding steroid dienone is 1. The molecule has 1 aromatic carbocycles. The quantitative estimate of drug-likeness (QED) is 0.777. The first-order valence-corrected chi connectivity index (χ1v) is 9.56. The maximum Gasteiger partial charge on any atom is 0.342 e. The van der Waals surface area contributed by atoms with Crippen LogP contribution in [0, 0.1) is 0 Å². The highest BCUT2D eigenvalue weighted by Gasteiger charge is 2.21.